The molecule has 2 rings (SSSR count). The number of nitrogens with zero attached hydrogens (tertiary/aromatic N) is 2. The van der Waals surface area contributed by atoms with Crippen LogP contribution in [-0.4, -0.2) is 16.5 Å². The maximum atomic E-state index is 13.2. The van der Waals surface area contributed by atoms with Crippen molar-refractivity contribution >= 4 is 17.5 Å². The van der Waals surface area contributed by atoms with Crippen LogP contribution in [0.25, 0.3) is 0 Å². The predicted molar refractivity (Wildman–Crippen MR) is 72.4 cm³/mol. The van der Waals surface area contributed by atoms with Gasteiger partial charge >= 0.3 is 0 Å². The molecule has 0 spiro atoms. The van der Waals surface area contributed by atoms with Gasteiger partial charge in [-0.05, 0) is 37.6 Å². The fourth-order valence-corrected chi connectivity index (χ4v) is 1.59. The molecule has 4 nitrogen and oxygen atoms in total. The van der Waals surface area contributed by atoms with Crippen molar-refractivity contribution < 1.29 is 9.13 Å². The Morgan fingerprint density at radius 3 is 2.89 bits per heavy atom. The number of hydrogen-bond acceptors (Lipinski definition) is 4. The van der Waals surface area contributed by atoms with Crippen molar-refractivity contribution in [1.82, 2.24) is 9.97 Å². The van der Waals surface area contributed by atoms with E-state index in [0.29, 0.717) is 28.8 Å². The Bertz CT molecular complexity index is 592. The molecule has 0 unspecified atom stereocenters. The van der Waals surface area contributed by atoms with Gasteiger partial charge < -0.3 is 10.1 Å². The second kappa shape index (κ2) is 5.84. The first-order valence-electron chi connectivity index (χ1n) is 5.80. The van der Waals surface area contributed by atoms with E-state index in [9.17, 15) is 4.39 Å². The molecular weight excluding hydrogens is 269 g/mol. The Hall–Kier alpha value is -1.88. The molecule has 0 bridgehead atoms. The van der Waals surface area contributed by atoms with E-state index in [-0.39, 0.29) is 11.7 Å². The molecule has 0 aliphatic heterocycles. The molecule has 1 heterocycles. The normalized spacial score (nSPS) is 10.3. The fourth-order valence-electron chi connectivity index (χ4n) is 1.46. The third kappa shape index (κ3) is 3.32. The highest BCUT2D eigenvalue weighted by atomic mass is 35.5. The molecule has 100 valence electrons. The monoisotopic (exact) mass is 281 g/mol. The molecule has 0 saturated heterocycles. The van der Waals surface area contributed by atoms with Gasteiger partial charge in [0.2, 0.25) is 11.8 Å². The zero-order valence-corrected chi connectivity index (χ0v) is 11.3. The predicted octanol–water partition coefficient (Wildman–Crippen LogP) is 3.80. The number of halogens is 2. The van der Waals surface area contributed by atoms with Crippen LogP contribution in [0, 0.1) is 12.7 Å². The molecule has 0 fully saturated rings. The molecule has 1 aromatic heterocycles. The van der Waals surface area contributed by atoms with Crippen LogP contribution in [0.3, 0.4) is 0 Å². The lowest BCUT2D eigenvalue weighted by Crippen LogP contribution is -2.03. The minimum Gasteiger partial charge on any atom is -0.437 e. The molecule has 0 aliphatic rings. The minimum atomic E-state index is -0.283. The summed E-state index contributed by atoms with van der Waals surface area (Å²) < 4.78 is 18.7. The molecule has 0 saturated carbocycles. The Labute approximate surface area is 115 Å². The number of rotatable bonds is 4. The third-order valence-electron chi connectivity index (χ3n) is 2.39. The van der Waals surface area contributed by atoms with Crippen LogP contribution in [0.4, 0.5) is 10.3 Å². The van der Waals surface area contributed by atoms with E-state index in [1.807, 2.05) is 6.92 Å². The van der Waals surface area contributed by atoms with Crippen LogP contribution in [0.1, 0.15) is 12.5 Å². The van der Waals surface area contributed by atoms with Crippen LogP contribution in [0.5, 0.6) is 11.6 Å². The van der Waals surface area contributed by atoms with Crippen molar-refractivity contribution in [3.63, 3.8) is 0 Å². The number of nitrogens with one attached hydrogen (secondary N) is 1. The van der Waals surface area contributed by atoms with E-state index >= 15 is 0 Å². The number of ether oxygens (including phenoxy) is 1. The largest absolute Gasteiger partial charge is 0.437 e. The highest BCUT2D eigenvalue weighted by molar-refractivity contribution is 6.31. The lowest BCUT2D eigenvalue weighted by molar-refractivity contribution is 0.460. The Morgan fingerprint density at radius 1 is 1.42 bits per heavy atom. The number of aromatic nitrogens is 2. The Balaban J connectivity index is 2.26. The highest BCUT2D eigenvalue weighted by Gasteiger charge is 2.08. The second-order valence-electron chi connectivity index (χ2n) is 3.89. The minimum absolute atomic E-state index is 0.235. The summed E-state index contributed by atoms with van der Waals surface area (Å²) >= 11 is 5.97. The summed E-state index contributed by atoms with van der Waals surface area (Å²) in [5, 5.41) is 3.26. The van der Waals surface area contributed by atoms with Crippen LogP contribution in [0.2, 0.25) is 5.02 Å². The summed E-state index contributed by atoms with van der Waals surface area (Å²) in [4.78, 5) is 8.15. The summed E-state index contributed by atoms with van der Waals surface area (Å²) in [6.07, 6.45) is 1.46. The molecule has 0 atom stereocenters. The van der Waals surface area contributed by atoms with E-state index in [2.05, 4.69) is 15.3 Å². The zero-order chi connectivity index (χ0) is 13.8. The molecule has 1 N–H and O–H groups in total. The SMILES string of the molecule is CCNc1ncc(Cl)c(Oc2ccc(F)c(C)c2)n1. The summed E-state index contributed by atoms with van der Waals surface area (Å²) in [5.74, 6) is 0.857. The van der Waals surface area contributed by atoms with Crippen LogP contribution in [0.15, 0.2) is 24.4 Å². The van der Waals surface area contributed by atoms with Gasteiger partial charge in [0, 0.05) is 6.54 Å². The summed E-state index contributed by atoms with van der Waals surface area (Å²) in [5.41, 5.74) is 0.495. The third-order valence-corrected chi connectivity index (χ3v) is 2.65. The average molecular weight is 282 g/mol. The van der Waals surface area contributed by atoms with Gasteiger partial charge in [-0.2, -0.15) is 4.98 Å². The van der Waals surface area contributed by atoms with Gasteiger partial charge in [-0.3, -0.25) is 0 Å². The summed E-state index contributed by atoms with van der Waals surface area (Å²) in [6.45, 7) is 4.28. The maximum Gasteiger partial charge on any atom is 0.243 e. The first kappa shape index (κ1) is 13.5. The quantitative estimate of drug-likeness (QED) is 0.926. The van der Waals surface area contributed by atoms with Gasteiger partial charge in [0.15, 0.2) is 0 Å². The second-order valence-corrected chi connectivity index (χ2v) is 4.30. The van der Waals surface area contributed by atoms with Crippen LogP contribution < -0.4 is 10.1 Å². The Kier molecular flexibility index (Phi) is 4.16. The fraction of sp³-hybridized carbons (Fsp3) is 0.231. The van der Waals surface area contributed by atoms with E-state index in [0.717, 1.165) is 0 Å². The average Bonchev–Trinajstić information content (AvgIpc) is 2.38. The molecule has 1 aromatic carbocycles. The van der Waals surface area contributed by atoms with Crippen molar-refractivity contribution in [3.05, 3.63) is 40.8 Å². The smallest absolute Gasteiger partial charge is 0.243 e. The maximum absolute atomic E-state index is 13.2. The first-order valence-corrected chi connectivity index (χ1v) is 6.18. The number of benzene rings is 1. The molecule has 19 heavy (non-hydrogen) atoms. The standard InChI is InChI=1S/C13H13ClFN3O/c1-3-16-13-17-7-10(14)12(18-13)19-9-4-5-11(15)8(2)6-9/h4-7H,3H2,1-2H3,(H,16,17,18). The zero-order valence-electron chi connectivity index (χ0n) is 10.6. The van der Waals surface area contributed by atoms with Crippen molar-refractivity contribution in [2.24, 2.45) is 0 Å². The van der Waals surface area contributed by atoms with Crippen LogP contribution >= 0.6 is 11.6 Å². The van der Waals surface area contributed by atoms with Crippen LogP contribution in [-0.2, 0) is 0 Å². The molecule has 0 aliphatic carbocycles. The van der Waals surface area contributed by atoms with Crippen molar-refractivity contribution in [3.8, 4) is 11.6 Å². The van der Waals surface area contributed by atoms with Gasteiger partial charge in [0.25, 0.3) is 0 Å². The van der Waals surface area contributed by atoms with E-state index < -0.39 is 0 Å². The first-order chi connectivity index (χ1) is 9.10. The number of anilines is 1. The van der Waals surface area contributed by atoms with E-state index in [1.54, 1.807) is 13.0 Å². The molecule has 0 radical (unpaired) electrons. The van der Waals surface area contributed by atoms with Crippen molar-refractivity contribution in [1.29, 1.82) is 0 Å². The van der Waals surface area contributed by atoms with Gasteiger partial charge in [-0.1, -0.05) is 11.6 Å². The van der Waals surface area contributed by atoms with Crippen molar-refractivity contribution in [2.45, 2.75) is 13.8 Å². The number of hydrogen-bond donors (Lipinski definition) is 1. The highest BCUT2D eigenvalue weighted by Crippen LogP contribution is 2.28. The lowest BCUT2D eigenvalue weighted by Gasteiger charge is -2.09. The molecule has 6 heteroatoms. The number of aryl methyl sites for hydroxylation is 1. The summed E-state index contributed by atoms with van der Waals surface area (Å²) in [7, 11) is 0. The molecule has 2 aromatic rings. The van der Waals surface area contributed by atoms with Gasteiger partial charge in [0.1, 0.15) is 16.6 Å². The van der Waals surface area contributed by atoms with E-state index in [4.69, 9.17) is 16.3 Å². The van der Waals surface area contributed by atoms with Gasteiger partial charge in [0.05, 0.1) is 6.20 Å². The summed E-state index contributed by atoms with van der Waals surface area (Å²) in [6, 6.07) is 4.44. The van der Waals surface area contributed by atoms with Crippen molar-refractivity contribution in [2.75, 3.05) is 11.9 Å². The van der Waals surface area contributed by atoms with E-state index in [1.165, 1.54) is 18.3 Å². The molecular formula is C13H13ClFN3O. The lowest BCUT2D eigenvalue weighted by atomic mass is 10.2. The van der Waals surface area contributed by atoms with Gasteiger partial charge in [-0.15, -0.1) is 0 Å². The topological polar surface area (TPSA) is 47.0 Å². The Morgan fingerprint density at radius 2 is 2.21 bits per heavy atom. The van der Waals surface area contributed by atoms with Gasteiger partial charge in [-0.25, -0.2) is 9.37 Å². The molecule has 0 amide bonds.